The summed E-state index contributed by atoms with van der Waals surface area (Å²) >= 11 is 7.33. The van der Waals surface area contributed by atoms with Crippen LogP contribution in [-0.2, 0) is 9.78 Å². The highest BCUT2D eigenvalue weighted by Crippen LogP contribution is 2.67. The lowest BCUT2D eigenvalue weighted by Gasteiger charge is -1.99. The molecule has 1 aliphatic carbocycles. The van der Waals surface area contributed by atoms with Gasteiger partial charge in [0.05, 0.1) is 3.23 Å². The molecule has 0 radical (unpaired) electrons. The Hall–Kier alpha value is 0.840. The van der Waals surface area contributed by atoms with Crippen molar-refractivity contribution in [1.29, 1.82) is 0 Å². The lowest BCUT2D eigenvalue weighted by molar-refractivity contribution is 0.0146. The Kier molecular flexibility index (Phi) is 4.02. The third-order valence-electron chi connectivity index (χ3n) is 3.49. The highest BCUT2D eigenvalue weighted by molar-refractivity contribution is 9.25. The number of aliphatic hydroxyl groups is 1. The zero-order chi connectivity index (χ0) is 11.8. The molecule has 2 fully saturated rings. The maximum Gasteiger partial charge on any atom is 0.338 e. The molecule has 2 rings (SSSR count). The second-order valence-corrected chi connectivity index (χ2v) is 8.51. The summed E-state index contributed by atoms with van der Waals surface area (Å²) in [6.45, 7) is 2.22. The van der Waals surface area contributed by atoms with E-state index in [4.69, 9.17) is 0 Å². The van der Waals surface area contributed by atoms with Crippen molar-refractivity contribution in [3.63, 3.8) is 0 Å². The Morgan fingerprint density at radius 2 is 1.81 bits per heavy atom. The molecule has 0 aromatic rings. The Morgan fingerprint density at radius 3 is 2.38 bits per heavy atom. The minimum Gasteiger partial charge on any atom is -0.340 e. The summed E-state index contributed by atoms with van der Waals surface area (Å²) in [7, 11) is 0. The molecule has 0 bridgehead atoms. The lowest BCUT2D eigenvalue weighted by Crippen LogP contribution is -2.11. The minimum absolute atomic E-state index is 0.0166. The van der Waals surface area contributed by atoms with E-state index in [9.17, 15) is 5.11 Å². The molecule has 2 unspecified atom stereocenters. The number of alkyl halides is 2. The van der Waals surface area contributed by atoms with E-state index in [2.05, 4.69) is 48.6 Å². The first-order chi connectivity index (χ1) is 7.49. The molecule has 1 aliphatic heterocycles. The Bertz CT molecular complexity index is 254. The summed E-state index contributed by atoms with van der Waals surface area (Å²) in [5.41, 5.74) is 0. The molecule has 1 heterocycles. The average molecular weight is 358 g/mol. The molecule has 16 heavy (non-hydrogen) atoms. The molecule has 0 aromatic carbocycles. The highest BCUT2D eigenvalue weighted by Gasteiger charge is 2.66. The van der Waals surface area contributed by atoms with Gasteiger partial charge in [-0.25, -0.2) is 0 Å². The van der Waals surface area contributed by atoms with Crippen LogP contribution < -0.4 is 0 Å². The van der Waals surface area contributed by atoms with Crippen molar-refractivity contribution >= 4 is 31.9 Å². The first kappa shape index (κ1) is 13.3. The Balaban J connectivity index is 1.69. The number of unbranched alkanes of at least 4 members (excludes halogenated alkanes) is 3. The quantitative estimate of drug-likeness (QED) is 0.327. The number of halogens is 2. The Labute approximate surface area is 113 Å². The van der Waals surface area contributed by atoms with Gasteiger partial charge in [-0.15, -0.1) is 0 Å². The van der Waals surface area contributed by atoms with Crippen LogP contribution in [-0.4, -0.2) is 14.3 Å². The van der Waals surface area contributed by atoms with Crippen molar-refractivity contribution in [3.8, 4) is 0 Å². The van der Waals surface area contributed by atoms with Crippen molar-refractivity contribution in [3.05, 3.63) is 0 Å². The lowest BCUT2D eigenvalue weighted by atomic mass is 10.1. The molecule has 94 valence electrons. The van der Waals surface area contributed by atoms with Gasteiger partial charge in [-0.1, -0.05) is 64.5 Å². The predicted octanol–water partition coefficient (Wildman–Crippen LogP) is 3.69. The molecular weight excluding hydrogens is 340 g/mol. The molecule has 2 aliphatic rings. The van der Waals surface area contributed by atoms with E-state index < -0.39 is 5.97 Å². The number of rotatable bonds is 7. The molecule has 1 saturated heterocycles. The fraction of sp³-hybridized carbons (Fsp3) is 1.00. The van der Waals surface area contributed by atoms with Crippen molar-refractivity contribution < 1.29 is 14.9 Å². The number of hydrogen-bond acceptors (Lipinski definition) is 3. The van der Waals surface area contributed by atoms with Gasteiger partial charge in [0.1, 0.15) is 0 Å². The molecular formula is C11H18Br2O3. The van der Waals surface area contributed by atoms with Gasteiger partial charge in [0.25, 0.3) is 0 Å². The summed E-state index contributed by atoms with van der Waals surface area (Å²) in [5.74, 6) is -0.335. The van der Waals surface area contributed by atoms with Crippen LogP contribution >= 0.6 is 31.9 Å². The largest absolute Gasteiger partial charge is 0.340 e. The van der Waals surface area contributed by atoms with Crippen molar-refractivity contribution in [2.75, 3.05) is 0 Å². The zero-order valence-corrected chi connectivity index (χ0v) is 12.6. The van der Waals surface area contributed by atoms with E-state index in [1.807, 2.05) is 0 Å². The molecule has 0 amide bonds. The smallest absolute Gasteiger partial charge is 0.338 e. The van der Waals surface area contributed by atoms with Gasteiger partial charge in [0.2, 0.25) is 0 Å². The van der Waals surface area contributed by atoms with Gasteiger partial charge in [-0.05, 0) is 18.3 Å². The second-order valence-electron chi connectivity index (χ2n) is 4.82. The molecule has 5 heteroatoms. The normalized spacial score (nSPS) is 33.8. The third kappa shape index (κ3) is 2.99. The second kappa shape index (κ2) is 4.84. The summed E-state index contributed by atoms with van der Waals surface area (Å²) in [5, 5.41) is 9.51. The topological polar surface area (TPSA) is 45.3 Å². The third-order valence-corrected chi connectivity index (χ3v) is 5.84. The molecule has 3 nitrogen and oxygen atoms in total. The first-order valence-electron chi connectivity index (χ1n) is 5.96. The summed E-state index contributed by atoms with van der Waals surface area (Å²) in [6, 6.07) is 0. The average Bonchev–Trinajstić information content (AvgIpc) is 3.05. The van der Waals surface area contributed by atoms with E-state index >= 15 is 0 Å². The van der Waals surface area contributed by atoms with Gasteiger partial charge in [0, 0.05) is 6.42 Å². The molecule has 1 saturated carbocycles. The van der Waals surface area contributed by atoms with Gasteiger partial charge in [-0.2, -0.15) is 9.78 Å². The first-order valence-corrected chi connectivity index (χ1v) is 7.55. The fourth-order valence-electron chi connectivity index (χ4n) is 2.32. The Morgan fingerprint density at radius 1 is 1.12 bits per heavy atom. The molecule has 0 aromatic heterocycles. The van der Waals surface area contributed by atoms with Crippen LogP contribution in [0.3, 0.4) is 0 Å². The van der Waals surface area contributed by atoms with Crippen LogP contribution in [0.25, 0.3) is 0 Å². The summed E-state index contributed by atoms with van der Waals surface area (Å²) in [4.78, 5) is 9.09. The van der Waals surface area contributed by atoms with E-state index in [1.165, 1.54) is 32.1 Å². The van der Waals surface area contributed by atoms with E-state index in [-0.39, 0.29) is 3.23 Å². The fourth-order valence-corrected chi connectivity index (χ4v) is 4.11. The standard InChI is InChI=1S/C11H18Br2O3/c1-2-3-4-5-6-8-9(11(8,12)13)7-10(14)15-16-10/h8-9,14H,2-7H2,1H3. The molecule has 0 spiro atoms. The van der Waals surface area contributed by atoms with Crippen LogP contribution in [0.4, 0.5) is 0 Å². The van der Waals surface area contributed by atoms with Crippen molar-refractivity contribution in [2.24, 2.45) is 11.8 Å². The molecule has 1 N–H and O–H groups in total. The summed E-state index contributed by atoms with van der Waals surface area (Å²) in [6.07, 6.45) is 6.87. The number of hydrogen-bond donors (Lipinski definition) is 1. The van der Waals surface area contributed by atoms with Gasteiger partial charge >= 0.3 is 5.97 Å². The maximum absolute atomic E-state index is 9.51. The molecule has 2 atom stereocenters. The zero-order valence-electron chi connectivity index (χ0n) is 9.42. The highest BCUT2D eigenvalue weighted by atomic mass is 79.9. The van der Waals surface area contributed by atoms with Crippen LogP contribution in [0.1, 0.15) is 45.4 Å². The van der Waals surface area contributed by atoms with E-state index in [0.717, 1.165) is 0 Å². The monoisotopic (exact) mass is 356 g/mol. The predicted molar refractivity (Wildman–Crippen MR) is 68.1 cm³/mol. The van der Waals surface area contributed by atoms with Gasteiger partial charge in [-0.3, -0.25) is 0 Å². The minimum atomic E-state index is -1.30. The van der Waals surface area contributed by atoms with E-state index in [0.29, 0.717) is 18.3 Å². The van der Waals surface area contributed by atoms with Crippen molar-refractivity contribution in [2.45, 2.75) is 54.7 Å². The van der Waals surface area contributed by atoms with E-state index in [1.54, 1.807) is 0 Å². The SMILES string of the molecule is CCCCCCC1C(CC2(O)OO2)C1(Br)Br. The van der Waals surface area contributed by atoms with Crippen LogP contribution in [0, 0.1) is 11.8 Å². The van der Waals surface area contributed by atoms with Gasteiger partial charge < -0.3 is 5.11 Å². The van der Waals surface area contributed by atoms with Crippen LogP contribution in [0.5, 0.6) is 0 Å². The van der Waals surface area contributed by atoms with Crippen LogP contribution in [0.2, 0.25) is 0 Å². The van der Waals surface area contributed by atoms with Gasteiger partial charge in [0.15, 0.2) is 0 Å². The van der Waals surface area contributed by atoms with Crippen LogP contribution in [0.15, 0.2) is 0 Å². The maximum atomic E-state index is 9.51. The summed E-state index contributed by atoms with van der Waals surface area (Å²) < 4.78 is -0.0166. The van der Waals surface area contributed by atoms with Crippen molar-refractivity contribution in [1.82, 2.24) is 0 Å².